The Bertz CT molecular complexity index is 660. The minimum absolute atomic E-state index is 0.157. The number of pyridine rings is 1. The number of nitrogens with zero attached hydrogens (tertiary/aromatic N) is 2. The van der Waals surface area contributed by atoms with Crippen LogP contribution in [0.1, 0.15) is 12.0 Å². The van der Waals surface area contributed by atoms with E-state index in [1.807, 2.05) is 0 Å². The molecule has 1 amide bonds. The number of hydrogen-bond donors (Lipinski definition) is 1. The predicted octanol–water partition coefficient (Wildman–Crippen LogP) is 0.742. The van der Waals surface area contributed by atoms with Crippen LogP contribution >= 0.6 is 0 Å². The fourth-order valence-electron chi connectivity index (χ4n) is 2.26. The lowest BCUT2D eigenvalue weighted by atomic mass is 10.1. The lowest BCUT2D eigenvalue weighted by Gasteiger charge is -2.20. The molecule has 1 saturated heterocycles. The lowest BCUT2D eigenvalue weighted by Crippen LogP contribution is -2.30. The molecule has 1 aliphatic heterocycles. The number of amides is 1. The summed E-state index contributed by atoms with van der Waals surface area (Å²) in [5.41, 5.74) is -1.03. The first kappa shape index (κ1) is 15.7. The van der Waals surface area contributed by atoms with Crippen LogP contribution in [0.5, 0.6) is 0 Å². The summed E-state index contributed by atoms with van der Waals surface area (Å²) in [4.78, 5) is 16.3. The van der Waals surface area contributed by atoms with E-state index >= 15 is 0 Å². The molecule has 1 aromatic heterocycles. The topological polar surface area (TPSA) is 93.4 Å². The predicted molar refractivity (Wildman–Crippen MR) is 67.7 cm³/mol. The van der Waals surface area contributed by atoms with E-state index in [1.165, 1.54) is 0 Å². The molecule has 116 valence electrons. The van der Waals surface area contributed by atoms with Gasteiger partial charge in [0, 0.05) is 25.1 Å². The zero-order chi connectivity index (χ0) is 15.8. The van der Waals surface area contributed by atoms with E-state index in [2.05, 4.69) is 4.98 Å². The first-order chi connectivity index (χ1) is 9.58. The van der Waals surface area contributed by atoms with E-state index < -0.39 is 45.2 Å². The van der Waals surface area contributed by atoms with Gasteiger partial charge in [0.15, 0.2) is 0 Å². The summed E-state index contributed by atoms with van der Waals surface area (Å²) in [6, 6.07) is 1.94. The van der Waals surface area contributed by atoms with Crippen molar-refractivity contribution < 1.29 is 26.4 Å². The highest BCUT2D eigenvalue weighted by Crippen LogP contribution is 2.37. The normalized spacial score (nSPS) is 20.1. The highest BCUT2D eigenvalue weighted by molar-refractivity contribution is 7.89. The third kappa shape index (κ3) is 3.70. The first-order valence-corrected chi connectivity index (χ1v) is 7.62. The molecule has 0 saturated carbocycles. The van der Waals surface area contributed by atoms with Gasteiger partial charge in [-0.05, 0) is 12.1 Å². The minimum Gasteiger partial charge on any atom is -0.296 e. The Labute approximate surface area is 118 Å². The van der Waals surface area contributed by atoms with Crippen LogP contribution in [0.2, 0.25) is 0 Å². The number of carbonyl (C=O) groups is 1. The molecule has 1 fully saturated rings. The van der Waals surface area contributed by atoms with Crippen molar-refractivity contribution in [2.45, 2.75) is 12.6 Å². The van der Waals surface area contributed by atoms with Gasteiger partial charge < -0.3 is 0 Å². The second kappa shape index (κ2) is 5.26. The maximum absolute atomic E-state index is 12.9. The number of rotatable bonds is 3. The highest BCUT2D eigenvalue weighted by Gasteiger charge is 2.40. The Morgan fingerprint density at radius 1 is 1.43 bits per heavy atom. The van der Waals surface area contributed by atoms with Crippen LogP contribution in [-0.4, -0.2) is 31.6 Å². The molecule has 1 atom stereocenters. The quantitative estimate of drug-likeness (QED) is 0.888. The Morgan fingerprint density at radius 2 is 2.10 bits per heavy atom. The van der Waals surface area contributed by atoms with E-state index in [-0.39, 0.29) is 13.0 Å². The second-order valence-corrected chi connectivity index (χ2v) is 6.44. The minimum atomic E-state index is -4.65. The Balaban J connectivity index is 2.30. The number of aromatic nitrogens is 1. The van der Waals surface area contributed by atoms with Crippen molar-refractivity contribution in [1.29, 1.82) is 0 Å². The molecule has 1 aliphatic rings. The van der Waals surface area contributed by atoms with Crippen molar-refractivity contribution in [3.63, 3.8) is 0 Å². The Kier molecular flexibility index (Phi) is 3.93. The fraction of sp³-hybridized carbons (Fsp3) is 0.455. The summed E-state index contributed by atoms with van der Waals surface area (Å²) in [6.07, 6.45) is -3.68. The maximum atomic E-state index is 12.9. The van der Waals surface area contributed by atoms with Crippen molar-refractivity contribution in [3.8, 4) is 0 Å². The summed E-state index contributed by atoms with van der Waals surface area (Å²) in [6.45, 7) is -0.157. The number of sulfonamides is 1. The van der Waals surface area contributed by atoms with Crippen molar-refractivity contribution in [2.75, 3.05) is 17.2 Å². The van der Waals surface area contributed by atoms with Crippen LogP contribution in [-0.2, 0) is 21.0 Å². The molecule has 0 radical (unpaired) electrons. The third-order valence-corrected chi connectivity index (χ3v) is 3.96. The summed E-state index contributed by atoms with van der Waals surface area (Å²) in [7, 11) is -3.80. The molecule has 2 heterocycles. The van der Waals surface area contributed by atoms with E-state index in [0.717, 1.165) is 23.2 Å². The largest absolute Gasteiger partial charge is 0.419 e. The van der Waals surface area contributed by atoms with Gasteiger partial charge in [-0.25, -0.2) is 18.5 Å². The molecule has 0 aromatic carbocycles. The average Bonchev–Trinajstić information content (AvgIpc) is 2.66. The third-order valence-electron chi connectivity index (χ3n) is 3.02. The zero-order valence-electron chi connectivity index (χ0n) is 10.7. The maximum Gasteiger partial charge on any atom is 0.419 e. The van der Waals surface area contributed by atoms with Gasteiger partial charge in [0.1, 0.15) is 5.82 Å². The molecule has 2 N–H and O–H groups in total. The number of anilines is 1. The fourth-order valence-corrected chi connectivity index (χ4v) is 3.14. The number of carbonyl (C=O) groups excluding carboxylic acids is 1. The molecule has 1 aromatic rings. The van der Waals surface area contributed by atoms with Gasteiger partial charge >= 0.3 is 6.18 Å². The van der Waals surface area contributed by atoms with E-state index in [9.17, 15) is 26.4 Å². The number of nitrogens with two attached hydrogens (primary N) is 1. The molecule has 0 spiro atoms. The summed E-state index contributed by atoms with van der Waals surface area (Å²) in [5.74, 6) is -2.21. The van der Waals surface area contributed by atoms with Gasteiger partial charge in [-0.2, -0.15) is 13.2 Å². The van der Waals surface area contributed by atoms with Crippen molar-refractivity contribution in [3.05, 3.63) is 23.9 Å². The molecule has 0 bridgehead atoms. The number of alkyl halides is 3. The highest BCUT2D eigenvalue weighted by atomic mass is 32.2. The van der Waals surface area contributed by atoms with Crippen LogP contribution in [0.25, 0.3) is 0 Å². The Hall–Kier alpha value is -1.68. The zero-order valence-corrected chi connectivity index (χ0v) is 11.5. The van der Waals surface area contributed by atoms with Gasteiger partial charge in [-0.1, -0.05) is 0 Å². The Morgan fingerprint density at radius 3 is 2.67 bits per heavy atom. The van der Waals surface area contributed by atoms with Gasteiger partial charge in [0.05, 0.1) is 11.3 Å². The molecule has 21 heavy (non-hydrogen) atoms. The molecule has 10 heteroatoms. The van der Waals surface area contributed by atoms with Crippen molar-refractivity contribution >= 4 is 21.7 Å². The van der Waals surface area contributed by atoms with Crippen LogP contribution in [0.3, 0.4) is 0 Å². The van der Waals surface area contributed by atoms with Gasteiger partial charge in [-0.15, -0.1) is 0 Å². The molecular weight excluding hydrogens is 311 g/mol. The van der Waals surface area contributed by atoms with E-state index in [0.29, 0.717) is 0 Å². The lowest BCUT2D eigenvalue weighted by molar-refractivity contribution is -0.137. The molecule has 1 unspecified atom stereocenters. The molecular formula is C11H12F3N3O3S. The van der Waals surface area contributed by atoms with Crippen LogP contribution in [0.15, 0.2) is 18.3 Å². The van der Waals surface area contributed by atoms with Gasteiger partial charge in [-0.3, -0.25) is 9.69 Å². The number of primary sulfonamides is 1. The van der Waals surface area contributed by atoms with Crippen LogP contribution in [0, 0.1) is 5.92 Å². The van der Waals surface area contributed by atoms with Crippen LogP contribution < -0.4 is 10.0 Å². The van der Waals surface area contributed by atoms with E-state index in [4.69, 9.17) is 5.14 Å². The smallest absolute Gasteiger partial charge is 0.296 e. The van der Waals surface area contributed by atoms with Crippen LogP contribution in [0.4, 0.5) is 19.0 Å². The summed E-state index contributed by atoms with van der Waals surface area (Å²) < 4.78 is 60.7. The average molecular weight is 323 g/mol. The second-order valence-electron chi connectivity index (χ2n) is 4.78. The van der Waals surface area contributed by atoms with Crippen molar-refractivity contribution in [1.82, 2.24) is 4.98 Å². The number of hydrogen-bond acceptors (Lipinski definition) is 4. The molecule has 2 rings (SSSR count). The summed E-state index contributed by atoms with van der Waals surface area (Å²) in [5, 5.41) is 4.89. The molecule has 6 nitrogen and oxygen atoms in total. The van der Waals surface area contributed by atoms with Crippen molar-refractivity contribution in [2.24, 2.45) is 11.1 Å². The summed E-state index contributed by atoms with van der Waals surface area (Å²) >= 11 is 0. The SMILES string of the molecule is NS(=O)(=O)CC1CC(=O)N(c2ncccc2C(F)(F)F)C1. The van der Waals surface area contributed by atoms with E-state index in [1.54, 1.807) is 0 Å². The van der Waals surface area contributed by atoms with Gasteiger partial charge in [0.25, 0.3) is 0 Å². The van der Waals surface area contributed by atoms with Gasteiger partial charge in [0.2, 0.25) is 15.9 Å². The standard InChI is InChI=1S/C11H12F3N3O3S/c12-11(13,14)8-2-1-3-16-10(8)17-5-7(4-9(17)18)6-21(15,19)20/h1-3,7H,4-6H2,(H2,15,19,20). The molecule has 0 aliphatic carbocycles. The monoisotopic (exact) mass is 323 g/mol. The number of halogens is 3. The first-order valence-electron chi connectivity index (χ1n) is 5.91.